The SMILES string of the molecule is c1cnc(N2CCCN(CCCn3ccnc3)CC2)nc1. The Morgan fingerprint density at radius 3 is 2.67 bits per heavy atom. The lowest BCUT2D eigenvalue weighted by Crippen LogP contribution is -2.32. The monoisotopic (exact) mass is 286 g/mol. The molecule has 0 unspecified atom stereocenters. The molecule has 0 aliphatic carbocycles. The van der Waals surface area contributed by atoms with Crippen molar-refractivity contribution in [2.75, 3.05) is 37.6 Å². The van der Waals surface area contributed by atoms with Crippen molar-refractivity contribution in [1.82, 2.24) is 24.4 Å². The quantitative estimate of drug-likeness (QED) is 0.828. The van der Waals surface area contributed by atoms with Gasteiger partial charge in [0, 0.05) is 51.0 Å². The third kappa shape index (κ3) is 4.01. The molecule has 0 radical (unpaired) electrons. The maximum atomic E-state index is 4.35. The molecule has 0 saturated carbocycles. The predicted octanol–water partition coefficient (Wildman–Crippen LogP) is 1.28. The van der Waals surface area contributed by atoms with Crippen molar-refractivity contribution in [2.45, 2.75) is 19.4 Å². The van der Waals surface area contributed by atoms with Gasteiger partial charge in [-0.05, 0) is 32.0 Å². The van der Waals surface area contributed by atoms with Gasteiger partial charge in [-0.15, -0.1) is 0 Å². The van der Waals surface area contributed by atoms with Gasteiger partial charge in [0.1, 0.15) is 0 Å². The van der Waals surface area contributed by atoms with Crippen LogP contribution < -0.4 is 4.90 Å². The molecule has 112 valence electrons. The Hall–Kier alpha value is -1.95. The molecule has 3 heterocycles. The van der Waals surface area contributed by atoms with E-state index in [0.717, 1.165) is 51.6 Å². The number of anilines is 1. The van der Waals surface area contributed by atoms with Gasteiger partial charge in [0.2, 0.25) is 5.95 Å². The van der Waals surface area contributed by atoms with Crippen molar-refractivity contribution in [1.29, 1.82) is 0 Å². The summed E-state index contributed by atoms with van der Waals surface area (Å²) in [5.41, 5.74) is 0. The molecule has 1 saturated heterocycles. The molecular formula is C15H22N6. The summed E-state index contributed by atoms with van der Waals surface area (Å²) in [5.74, 6) is 0.859. The van der Waals surface area contributed by atoms with Gasteiger partial charge in [0.15, 0.2) is 0 Å². The van der Waals surface area contributed by atoms with Crippen LogP contribution in [0.5, 0.6) is 0 Å². The molecule has 1 aliphatic rings. The number of imidazole rings is 1. The van der Waals surface area contributed by atoms with E-state index in [1.54, 1.807) is 0 Å². The minimum atomic E-state index is 0.859. The molecule has 21 heavy (non-hydrogen) atoms. The topological polar surface area (TPSA) is 50.1 Å². The van der Waals surface area contributed by atoms with E-state index in [4.69, 9.17) is 0 Å². The molecule has 0 N–H and O–H groups in total. The van der Waals surface area contributed by atoms with Crippen molar-refractivity contribution in [3.05, 3.63) is 37.2 Å². The summed E-state index contributed by atoms with van der Waals surface area (Å²) < 4.78 is 2.14. The molecule has 0 spiro atoms. The van der Waals surface area contributed by atoms with Crippen LogP contribution in [0.2, 0.25) is 0 Å². The Bertz CT molecular complexity index is 512. The molecule has 1 aliphatic heterocycles. The molecular weight excluding hydrogens is 264 g/mol. The number of hydrogen-bond donors (Lipinski definition) is 0. The van der Waals surface area contributed by atoms with Gasteiger partial charge in [-0.2, -0.15) is 0 Å². The Kier molecular flexibility index (Phi) is 4.78. The highest BCUT2D eigenvalue weighted by Gasteiger charge is 2.16. The Balaban J connectivity index is 1.45. The van der Waals surface area contributed by atoms with E-state index in [0.29, 0.717) is 0 Å². The number of hydrogen-bond acceptors (Lipinski definition) is 5. The maximum absolute atomic E-state index is 4.35. The summed E-state index contributed by atoms with van der Waals surface area (Å²) in [7, 11) is 0. The number of nitrogens with zero attached hydrogens (tertiary/aromatic N) is 6. The van der Waals surface area contributed by atoms with E-state index >= 15 is 0 Å². The Morgan fingerprint density at radius 1 is 0.952 bits per heavy atom. The Labute approximate surface area is 125 Å². The van der Waals surface area contributed by atoms with E-state index in [1.807, 2.05) is 37.2 Å². The standard InChI is InChI=1S/C15H22N6/c1-4-17-15(18-5-1)21-10-3-8-19(12-13-21)7-2-9-20-11-6-16-14-20/h1,4-6,11,14H,2-3,7-10,12-13H2. The zero-order valence-electron chi connectivity index (χ0n) is 12.3. The fourth-order valence-electron chi connectivity index (χ4n) is 2.74. The van der Waals surface area contributed by atoms with E-state index in [-0.39, 0.29) is 0 Å². The van der Waals surface area contributed by atoms with Crippen molar-refractivity contribution >= 4 is 5.95 Å². The van der Waals surface area contributed by atoms with Gasteiger partial charge in [-0.3, -0.25) is 0 Å². The first-order valence-electron chi connectivity index (χ1n) is 7.62. The van der Waals surface area contributed by atoms with Crippen LogP contribution in [0.4, 0.5) is 5.95 Å². The van der Waals surface area contributed by atoms with Crippen molar-refractivity contribution in [2.24, 2.45) is 0 Å². The van der Waals surface area contributed by atoms with Crippen LogP contribution in [0.3, 0.4) is 0 Å². The zero-order valence-corrected chi connectivity index (χ0v) is 12.3. The van der Waals surface area contributed by atoms with Crippen molar-refractivity contribution < 1.29 is 0 Å². The van der Waals surface area contributed by atoms with Crippen LogP contribution in [0.15, 0.2) is 37.2 Å². The van der Waals surface area contributed by atoms with Crippen LogP contribution in [-0.2, 0) is 6.54 Å². The smallest absolute Gasteiger partial charge is 0.225 e. The minimum Gasteiger partial charge on any atom is -0.339 e. The van der Waals surface area contributed by atoms with Crippen LogP contribution >= 0.6 is 0 Å². The second-order valence-electron chi connectivity index (χ2n) is 5.39. The summed E-state index contributed by atoms with van der Waals surface area (Å²) in [4.78, 5) is 17.6. The van der Waals surface area contributed by atoms with Crippen molar-refractivity contribution in [3.8, 4) is 0 Å². The molecule has 1 fully saturated rings. The molecule has 0 amide bonds. The minimum absolute atomic E-state index is 0.859. The van der Waals surface area contributed by atoms with Gasteiger partial charge in [-0.25, -0.2) is 15.0 Å². The van der Waals surface area contributed by atoms with Crippen LogP contribution in [0.25, 0.3) is 0 Å². The van der Waals surface area contributed by atoms with Gasteiger partial charge < -0.3 is 14.4 Å². The number of aromatic nitrogens is 4. The molecule has 3 rings (SSSR count). The van der Waals surface area contributed by atoms with Crippen LogP contribution in [0, 0.1) is 0 Å². The first-order chi connectivity index (χ1) is 10.4. The summed E-state index contributed by atoms with van der Waals surface area (Å²) in [6, 6.07) is 1.86. The third-order valence-electron chi connectivity index (χ3n) is 3.87. The normalized spacial score (nSPS) is 16.9. The van der Waals surface area contributed by atoms with Crippen LogP contribution in [0.1, 0.15) is 12.8 Å². The maximum Gasteiger partial charge on any atom is 0.225 e. The van der Waals surface area contributed by atoms with E-state index in [2.05, 4.69) is 29.3 Å². The second-order valence-corrected chi connectivity index (χ2v) is 5.39. The van der Waals surface area contributed by atoms with Gasteiger partial charge in [-0.1, -0.05) is 0 Å². The Morgan fingerprint density at radius 2 is 1.86 bits per heavy atom. The summed E-state index contributed by atoms with van der Waals surface area (Å²) in [6.07, 6.45) is 11.7. The average Bonchev–Trinajstić information content (AvgIpc) is 2.93. The van der Waals surface area contributed by atoms with E-state index in [1.165, 1.54) is 6.42 Å². The molecule has 6 heteroatoms. The van der Waals surface area contributed by atoms with E-state index in [9.17, 15) is 0 Å². The molecule has 2 aromatic heterocycles. The van der Waals surface area contributed by atoms with Crippen molar-refractivity contribution in [3.63, 3.8) is 0 Å². The zero-order chi connectivity index (χ0) is 14.3. The lowest BCUT2D eigenvalue weighted by atomic mass is 10.3. The third-order valence-corrected chi connectivity index (χ3v) is 3.87. The molecule has 2 aromatic rings. The van der Waals surface area contributed by atoms with Gasteiger partial charge >= 0.3 is 0 Å². The highest BCUT2D eigenvalue weighted by atomic mass is 15.3. The fourth-order valence-corrected chi connectivity index (χ4v) is 2.74. The fraction of sp³-hybridized carbons (Fsp3) is 0.533. The summed E-state index contributed by atoms with van der Waals surface area (Å²) >= 11 is 0. The molecule has 0 bridgehead atoms. The largest absolute Gasteiger partial charge is 0.339 e. The predicted molar refractivity (Wildman–Crippen MR) is 82.1 cm³/mol. The highest BCUT2D eigenvalue weighted by molar-refractivity contribution is 5.28. The average molecular weight is 286 g/mol. The first kappa shape index (κ1) is 14.0. The summed E-state index contributed by atoms with van der Waals surface area (Å²) in [6.45, 7) is 6.48. The van der Waals surface area contributed by atoms with Gasteiger partial charge in [0.25, 0.3) is 0 Å². The summed E-state index contributed by atoms with van der Waals surface area (Å²) in [5, 5.41) is 0. The van der Waals surface area contributed by atoms with Gasteiger partial charge in [0.05, 0.1) is 6.33 Å². The second kappa shape index (κ2) is 7.17. The number of rotatable bonds is 5. The molecule has 0 atom stereocenters. The highest BCUT2D eigenvalue weighted by Crippen LogP contribution is 2.10. The lowest BCUT2D eigenvalue weighted by molar-refractivity contribution is 0.283. The molecule has 0 aromatic carbocycles. The number of aryl methyl sites for hydroxylation is 1. The van der Waals surface area contributed by atoms with Crippen LogP contribution in [-0.4, -0.2) is 57.1 Å². The lowest BCUT2D eigenvalue weighted by Gasteiger charge is -2.21. The first-order valence-corrected chi connectivity index (χ1v) is 7.62. The molecule has 6 nitrogen and oxygen atoms in total. The van der Waals surface area contributed by atoms with E-state index < -0.39 is 0 Å².